The maximum Gasteiger partial charge on any atom is 0.138 e. The Morgan fingerprint density at radius 1 is 1.26 bits per heavy atom. The average molecular weight is 419 g/mol. The van der Waals surface area contributed by atoms with E-state index < -0.39 is 0 Å². The van der Waals surface area contributed by atoms with Gasteiger partial charge >= 0.3 is 0 Å². The molecule has 3 N–H and O–H groups in total. The number of hydrogen-bond donors (Lipinski definition) is 3. The quantitative estimate of drug-likeness (QED) is 0.504. The molecule has 8 heteroatoms. The van der Waals surface area contributed by atoms with Crippen molar-refractivity contribution in [2.24, 2.45) is 4.99 Å². The molecule has 2 aliphatic heterocycles. The number of nitrogens with zero attached hydrogens (tertiary/aromatic N) is 5. The van der Waals surface area contributed by atoms with Gasteiger partial charge in [0.2, 0.25) is 0 Å². The van der Waals surface area contributed by atoms with Gasteiger partial charge in [-0.3, -0.25) is 15.0 Å². The zero-order valence-corrected chi connectivity index (χ0v) is 18.2. The molecule has 3 aromatic heterocycles. The Hall–Kier alpha value is -3.00. The monoisotopic (exact) mass is 418 g/mol. The van der Waals surface area contributed by atoms with Crippen molar-refractivity contribution in [3.05, 3.63) is 36.2 Å². The van der Waals surface area contributed by atoms with E-state index in [9.17, 15) is 0 Å². The van der Waals surface area contributed by atoms with Crippen LogP contribution in [0.15, 0.2) is 35.5 Å². The number of aromatic amines is 1. The summed E-state index contributed by atoms with van der Waals surface area (Å²) in [6.07, 6.45) is 9.80. The van der Waals surface area contributed by atoms with Gasteiger partial charge in [0.15, 0.2) is 0 Å². The lowest BCUT2D eigenvalue weighted by molar-refractivity contribution is 0.137. The highest BCUT2D eigenvalue weighted by molar-refractivity contribution is 5.91. The Morgan fingerprint density at radius 3 is 2.84 bits per heavy atom. The van der Waals surface area contributed by atoms with Gasteiger partial charge in [0.05, 0.1) is 11.2 Å². The summed E-state index contributed by atoms with van der Waals surface area (Å²) in [5.41, 5.74) is 1.87. The van der Waals surface area contributed by atoms with Crippen molar-refractivity contribution in [1.29, 1.82) is 0 Å². The van der Waals surface area contributed by atoms with Crippen LogP contribution in [-0.2, 0) is 0 Å². The smallest absolute Gasteiger partial charge is 0.138 e. The van der Waals surface area contributed by atoms with Crippen LogP contribution in [0, 0.1) is 6.92 Å². The fourth-order valence-electron chi connectivity index (χ4n) is 5.16. The number of fused-ring (bicyclic) bond motifs is 3. The van der Waals surface area contributed by atoms with Gasteiger partial charge in [-0.25, -0.2) is 4.98 Å². The summed E-state index contributed by atoms with van der Waals surface area (Å²) in [7, 11) is 1.85. The van der Waals surface area contributed by atoms with Gasteiger partial charge in [0.25, 0.3) is 0 Å². The summed E-state index contributed by atoms with van der Waals surface area (Å²) in [5.74, 6) is 2.49. The van der Waals surface area contributed by atoms with Gasteiger partial charge in [0.1, 0.15) is 17.5 Å². The Balaban J connectivity index is 1.35. The number of aliphatic imine (C=N–C) groups is 1. The summed E-state index contributed by atoms with van der Waals surface area (Å²) in [6.45, 7) is 3.08. The largest absolute Gasteiger partial charge is 0.367 e. The lowest BCUT2D eigenvalue weighted by Crippen LogP contribution is -2.47. The van der Waals surface area contributed by atoms with Gasteiger partial charge in [-0.1, -0.05) is 0 Å². The first kappa shape index (κ1) is 19.9. The molecule has 162 valence electrons. The first-order chi connectivity index (χ1) is 15.2. The third-order valence-corrected chi connectivity index (χ3v) is 6.49. The molecule has 0 spiro atoms. The van der Waals surface area contributed by atoms with Gasteiger partial charge in [-0.2, -0.15) is 5.10 Å². The van der Waals surface area contributed by atoms with E-state index in [2.05, 4.69) is 41.8 Å². The molecule has 2 aliphatic rings. The van der Waals surface area contributed by atoms with Crippen molar-refractivity contribution in [2.45, 2.75) is 57.2 Å². The number of anilines is 3. The third kappa shape index (κ3) is 4.25. The lowest BCUT2D eigenvalue weighted by atomic mass is 9.97. The van der Waals surface area contributed by atoms with Crippen LogP contribution >= 0.6 is 0 Å². The van der Waals surface area contributed by atoms with Crippen LogP contribution in [0.2, 0.25) is 0 Å². The summed E-state index contributed by atoms with van der Waals surface area (Å²) >= 11 is 0. The molecule has 8 nitrogen and oxygen atoms in total. The molecule has 3 atom stereocenters. The highest BCUT2D eigenvalue weighted by Crippen LogP contribution is 2.37. The lowest BCUT2D eigenvalue weighted by Gasteiger charge is -2.39. The highest BCUT2D eigenvalue weighted by atomic mass is 15.2. The molecule has 2 bridgehead atoms. The molecule has 0 aromatic carbocycles. The number of pyridine rings is 2. The minimum absolute atomic E-state index is 0.425. The van der Waals surface area contributed by atoms with Crippen LogP contribution < -0.4 is 10.6 Å². The Bertz CT molecular complexity index is 1060. The number of rotatable bonds is 7. The zero-order valence-electron chi connectivity index (χ0n) is 18.2. The summed E-state index contributed by atoms with van der Waals surface area (Å²) < 4.78 is 0. The predicted octanol–water partition coefficient (Wildman–Crippen LogP) is 3.90. The normalized spacial score (nSPS) is 23.6. The van der Waals surface area contributed by atoms with Crippen molar-refractivity contribution in [2.75, 3.05) is 24.2 Å². The molecule has 31 heavy (non-hydrogen) atoms. The van der Waals surface area contributed by atoms with Crippen LogP contribution in [0.4, 0.5) is 17.5 Å². The van der Waals surface area contributed by atoms with Crippen LogP contribution in [0.25, 0.3) is 10.9 Å². The summed E-state index contributed by atoms with van der Waals surface area (Å²) in [5, 5.41) is 15.3. The maximum absolute atomic E-state index is 4.91. The van der Waals surface area contributed by atoms with Gasteiger partial charge in [0, 0.05) is 55.4 Å². The van der Waals surface area contributed by atoms with E-state index >= 15 is 0 Å². The summed E-state index contributed by atoms with van der Waals surface area (Å²) in [4.78, 5) is 16.3. The molecule has 0 saturated carbocycles. The Morgan fingerprint density at radius 2 is 2.10 bits per heavy atom. The topological polar surface area (TPSA) is 94.1 Å². The van der Waals surface area contributed by atoms with Gasteiger partial charge in [-0.15, -0.1) is 0 Å². The molecule has 3 aromatic rings. The van der Waals surface area contributed by atoms with Crippen LogP contribution in [0.1, 0.15) is 37.8 Å². The van der Waals surface area contributed by atoms with E-state index in [1.807, 2.05) is 44.6 Å². The van der Waals surface area contributed by atoms with Crippen molar-refractivity contribution in [3.8, 4) is 0 Å². The van der Waals surface area contributed by atoms with E-state index in [4.69, 9.17) is 4.98 Å². The summed E-state index contributed by atoms with van der Waals surface area (Å²) in [6, 6.07) is 9.75. The van der Waals surface area contributed by atoms with Crippen molar-refractivity contribution in [1.82, 2.24) is 25.1 Å². The van der Waals surface area contributed by atoms with Crippen molar-refractivity contribution < 1.29 is 0 Å². The second-order valence-electron chi connectivity index (χ2n) is 8.64. The predicted molar refractivity (Wildman–Crippen MR) is 125 cm³/mol. The average Bonchev–Trinajstić information content (AvgIpc) is 3.27. The van der Waals surface area contributed by atoms with Crippen LogP contribution in [-0.4, -0.2) is 63.0 Å². The Kier molecular flexibility index (Phi) is 5.55. The molecule has 2 saturated heterocycles. The molecular weight excluding hydrogens is 388 g/mol. The Labute approximate surface area is 182 Å². The number of aromatic nitrogens is 4. The minimum atomic E-state index is 0.425. The minimum Gasteiger partial charge on any atom is -0.367 e. The first-order valence-corrected chi connectivity index (χ1v) is 11.2. The fourth-order valence-corrected chi connectivity index (χ4v) is 5.16. The molecule has 0 aliphatic carbocycles. The van der Waals surface area contributed by atoms with E-state index in [0.29, 0.717) is 18.1 Å². The molecule has 2 fully saturated rings. The first-order valence-electron chi connectivity index (χ1n) is 11.2. The molecular formula is C23H30N8. The maximum atomic E-state index is 4.91. The van der Waals surface area contributed by atoms with Gasteiger partial charge in [-0.05, 0) is 57.4 Å². The second-order valence-corrected chi connectivity index (χ2v) is 8.64. The van der Waals surface area contributed by atoms with E-state index in [0.717, 1.165) is 59.9 Å². The van der Waals surface area contributed by atoms with E-state index in [-0.39, 0.29) is 0 Å². The fraction of sp³-hybridized carbons (Fsp3) is 0.478. The zero-order chi connectivity index (χ0) is 21.2. The van der Waals surface area contributed by atoms with Crippen LogP contribution in [0.5, 0.6) is 0 Å². The van der Waals surface area contributed by atoms with Crippen LogP contribution in [0.3, 0.4) is 0 Å². The third-order valence-electron chi connectivity index (χ3n) is 6.49. The number of hydrogen-bond acceptors (Lipinski definition) is 7. The van der Waals surface area contributed by atoms with Crippen molar-refractivity contribution in [3.63, 3.8) is 0 Å². The SMILES string of the molecule is C/N=C\CCN1[C@@H]2CC[C@H]1C[C@H](Nc1nc(Nc3cc(C)n[nH]3)cc3ncccc13)C2. The molecule has 5 heterocycles. The number of piperidine rings is 1. The van der Waals surface area contributed by atoms with E-state index in [1.165, 1.54) is 12.8 Å². The number of aryl methyl sites for hydroxylation is 1. The molecule has 0 radical (unpaired) electrons. The standard InChI is InChI=1S/C23H30N8/c1-15-11-22(30-29-15)27-21-14-20-19(5-3-9-25-20)23(28-21)26-16-12-17-6-7-18(13-16)31(17)10-4-8-24-2/h3,5,8-9,11,14,16-18H,4,6-7,10,12-13H2,1-2H3,(H3,26,27,28,29,30)/b24-8-/t16-,17-,18+. The number of nitrogens with one attached hydrogen (secondary N) is 3. The second kappa shape index (κ2) is 8.63. The molecule has 0 unspecified atom stereocenters. The molecule has 5 rings (SSSR count). The number of H-pyrrole nitrogens is 1. The highest BCUT2D eigenvalue weighted by Gasteiger charge is 2.40. The van der Waals surface area contributed by atoms with Crippen molar-refractivity contribution >= 4 is 34.6 Å². The van der Waals surface area contributed by atoms with E-state index in [1.54, 1.807) is 0 Å². The molecule has 0 amide bonds. The van der Waals surface area contributed by atoms with Gasteiger partial charge < -0.3 is 15.6 Å².